The van der Waals surface area contributed by atoms with Crippen molar-refractivity contribution in [1.82, 2.24) is 10.6 Å². The highest BCUT2D eigenvalue weighted by molar-refractivity contribution is 5.67. The molecule has 1 aromatic carbocycles. The molecular formula is C18H28N2O4. The van der Waals surface area contributed by atoms with Crippen molar-refractivity contribution in [2.75, 3.05) is 6.54 Å². The Morgan fingerprint density at radius 1 is 1.25 bits per heavy atom. The van der Waals surface area contributed by atoms with Gasteiger partial charge in [0.25, 0.3) is 0 Å². The molecule has 1 saturated carbocycles. The van der Waals surface area contributed by atoms with Gasteiger partial charge in [-0.3, -0.25) is 0 Å². The molecule has 24 heavy (non-hydrogen) atoms. The first-order valence-electron chi connectivity index (χ1n) is 8.40. The Kier molecular flexibility index (Phi) is 5.59. The average Bonchev–Trinajstić information content (AvgIpc) is 3.24. The van der Waals surface area contributed by atoms with Gasteiger partial charge in [0.2, 0.25) is 0 Å². The fraction of sp³-hybridized carbons (Fsp3) is 0.611. The van der Waals surface area contributed by atoms with Crippen LogP contribution in [0.1, 0.15) is 52.1 Å². The largest absolute Gasteiger partial charge is 0.508 e. The summed E-state index contributed by atoms with van der Waals surface area (Å²) in [5, 5.41) is 25.5. The Hall–Kier alpha value is -1.95. The molecule has 0 bridgehead atoms. The molecule has 4 N–H and O–H groups in total. The van der Waals surface area contributed by atoms with Gasteiger partial charge in [-0.05, 0) is 64.2 Å². The first kappa shape index (κ1) is 18.4. The molecule has 1 aliphatic carbocycles. The number of alkyl carbamates (subject to hydrolysis) is 1. The summed E-state index contributed by atoms with van der Waals surface area (Å²) in [5.74, 6) is 0.593. The van der Waals surface area contributed by atoms with Gasteiger partial charge in [-0.1, -0.05) is 0 Å². The molecule has 1 aromatic rings. The molecule has 134 valence electrons. The second kappa shape index (κ2) is 7.30. The van der Waals surface area contributed by atoms with E-state index in [-0.39, 0.29) is 23.6 Å². The van der Waals surface area contributed by atoms with Crippen molar-refractivity contribution in [3.63, 3.8) is 0 Å². The lowest BCUT2D eigenvalue weighted by Gasteiger charge is -2.25. The molecule has 0 aliphatic heterocycles. The molecule has 2 atom stereocenters. The van der Waals surface area contributed by atoms with Crippen LogP contribution >= 0.6 is 0 Å². The molecule has 2 rings (SSSR count). The van der Waals surface area contributed by atoms with E-state index in [1.165, 1.54) is 6.07 Å². The Morgan fingerprint density at radius 2 is 1.83 bits per heavy atom. The topological polar surface area (TPSA) is 90.8 Å². The van der Waals surface area contributed by atoms with Crippen LogP contribution in [0.25, 0.3) is 0 Å². The molecule has 0 aromatic heterocycles. The minimum absolute atomic E-state index is 0.0356. The third kappa shape index (κ3) is 5.92. The van der Waals surface area contributed by atoms with Crippen LogP contribution in [0.2, 0.25) is 0 Å². The molecule has 6 nitrogen and oxygen atoms in total. The Labute approximate surface area is 143 Å². The normalized spacial score (nSPS) is 17.2. The second-order valence-corrected chi connectivity index (χ2v) is 7.50. The first-order chi connectivity index (χ1) is 11.1. The molecule has 0 radical (unpaired) electrons. The number of carbonyl (C=O) groups excluding carboxylic acids is 1. The predicted octanol–water partition coefficient (Wildman–Crippen LogP) is 3.05. The zero-order chi connectivity index (χ0) is 17.9. The van der Waals surface area contributed by atoms with Gasteiger partial charge in [0.05, 0.1) is 0 Å². The summed E-state index contributed by atoms with van der Waals surface area (Å²) in [5.41, 5.74) is 0.286. The maximum Gasteiger partial charge on any atom is 0.407 e. The van der Waals surface area contributed by atoms with Crippen LogP contribution in [-0.2, 0) is 4.74 Å². The van der Waals surface area contributed by atoms with Crippen molar-refractivity contribution >= 4 is 6.09 Å². The number of phenols is 2. The van der Waals surface area contributed by atoms with Gasteiger partial charge in [0, 0.05) is 24.7 Å². The zero-order valence-electron chi connectivity index (χ0n) is 14.8. The maximum absolute atomic E-state index is 11.8. The molecule has 1 aliphatic rings. The summed E-state index contributed by atoms with van der Waals surface area (Å²) in [6.07, 6.45) is 1.84. The number of hydrogen-bond donors (Lipinski definition) is 4. The number of phenolic OH excluding ortho intramolecular Hbond substituents is 2. The molecule has 0 saturated heterocycles. The lowest BCUT2D eigenvalue weighted by atomic mass is 10.0. The summed E-state index contributed by atoms with van der Waals surface area (Å²) in [6, 6.07) is 4.62. The Balaban J connectivity index is 1.92. The molecule has 0 spiro atoms. The number of hydrogen-bond acceptors (Lipinski definition) is 5. The number of aromatic hydroxyl groups is 2. The van der Waals surface area contributed by atoms with E-state index in [1.807, 2.05) is 27.7 Å². The van der Waals surface area contributed by atoms with Gasteiger partial charge in [0.1, 0.15) is 17.1 Å². The number of ether oxygens (including phenoxy) is 1. The van der Waals surface area contributed by atoms with Gasteiger partial charge in [-0.25, -0.2) is 4.79 Å². The van der Waals surface area contributed by atoms with E-state index < -0.39 is 11.7 Å². The number of benzene rings is 1. The van der Waals surface area contributed by atoms with Gasteiger partial charge in [0.15, 0.2) is 0 Å². The van der Waals surface area contributed by atoms with Crippen molar-refractivity contribution in [2.45, 2.75) is 58.2 Å². The quantitative estimate of drug-likeness (QED) is 0.641. The van der Waals surface area contributed by atoms with Crippen LogP contribution < -0.4 is 10.6 Å². The van der Waals surface area contributed by atoms with Gasteiger partial charge < -0.3 is 25.6 Å². The molecule has 6 heteroatoms. The fourth-order valence-corrected chi connectivity index (χ4v) is 2.65. The first-order valence-corrected chi connectivity index (χ1v) is 8.40. The molecule has 1 amide bonds. The van der Waals surface area contributed by atoms with Crippen molar-refractivity contribution in [3.8, 4) is 11.5 Å². The highest BCUT2D eigenvalue weighted by Crippen LogP contribution is 2.34. The number of carbonyl (C=O) groups is 1. The van der Waals surface area contributed by atoms with E-state index in [9.17, 15) is 15.0 Å². The van der Waals surface area contributed by atoms with Crippen molar-refractivity contribution in [2.24, 2.45) is 5.92 Å². The van der Waals surface area contributed by atoms with Crippen LogP contribution in [0.5, 0.6) is 11.5 Å². The lowest BCUT2D eigenvalue weighted by Crippen LogP contribution is -2.44. The summed E-state index contributed by atoms with van der Waals surface area (Å²) in [6.45, 7) is 7.95. The van der Waals surface area contributed by atoms with E-state index in [4.69, 9.17) is 4.74 Å². The molecular weight excluding hydrogens is 308 g/mol. The van der Waals surface area contributed by atoms with Crippen molar-refractivity contribution < 1.29 is 19.7 Å². The van der Waals surface area contributed by atoms with Crippen molar-refractivity contribution in [1.29, 1.82) is 0 Å². The summed E-state index contributed by atoms with van der Waals surface area (Å²) < 4.78 is 5.27. The standard InChI is InChI=1S/C18H28N2O4/c1-11(13-7-14(21)9-15(22)8-13)20-16(12-5-6-12)10-19-17(23)24-18(2,3)4/h7-9,11-12,16,20-22H,5-6,10H2,1-4H3,(H,19,23). The highest BCUT2D eigenvalue weighted by atomic mass is 16.6. The SMILES string of the molecule is CC(NC(CNC(=O)OC(C)(C)C)C1CC1)c1cc(O)cc(O)c1. The van der Waals surface area contributed by atoms with Gasteiger partial charge in [-0.15, -0.1) is 0 Å². The van der Waals surface area contributed by atoms with Crippen LogP contribution in [0.3, 0.4) is 0 Å². The van der Waals surface area contributed by atoms with Gasteiger partial charge in [-0.2, -0.15) is 0 Å². The Morgan fingerprint density at radius 3 is 2.33 bits per heavy atom. The highest BCUT2D eigenvalue weighted by Gasteiger charge is 2.32. The monoisotopic (exact) mass is 336 g/mol. The lowest BCUT2D eigenvalue weighted by molar-refractivity contribution is 0.0520. The smallest absolute Gasteiger partial charge is 0.407 e. The summed E-state index contributed by atoms with van der Waals surface area (Å²) >= 11 is 0. The molecule has 1 fully saturated rings. The Bertz CT molecular complexity index is 559. The van der Waals surface area contributed by atoms with E-state index >= 15 is 0 Å². The molecule has 0 heterocycles. The number of nitrogens with one attached hydrogen (secondary N) is 2. The van der Waals surface area contributed by atoms with Crippen LogP contribution in [0, 0.1) is 5.92 Å². The van der Waals surface area contributed by atoms with Crippen LogP contribution in [0.4, 0.5) is 4.79 Å². The molecule has 2 unspecified atom stereocenters. The van der Waals surface area contributed by atoms with E-state index in [2.05, 4.69) is 10.6 Å². The van der Waals surface area contributed by atoms with E-state index in [1.54, 1.807) is 12.1 Å². The third-order valence-corrected chi connectivity index (χ3v) is 3.95. The number of amides is 1. The van der Waals surface area contributed by atoms with Crippen LogP contribution in [0.15, 0.2) is 18.2 Å². The van der Waals surface area contributed by atoms with E-state index in [0.717, 1.165) is 18.4 Å². The average molecular weight is 336 g/mol. The third-order valence-electron chi connectivity index (χ3n) is 3.95. The number of rotatable bonds is 6. The van der Waals surface area contributed by atoms with Crippen molar-refractivity contribution in [3.05, 3.63) is 23.8 Å². The minimum atomic E-state index is -0.515. The predicted molar refractivity (Wildman–Crippen MR) is 92.1 cm³/mol. The fourth-order valence-electron chi connectivity index (χ4n) is 2.65. The minimum Gasteiger partial charge on any atom is -0.508 e. The second-order valence-electron chi connectivity index (χ2n) is 7.50. The summed E-state index contributed by atoms with van der Waals surface area (Å²) in [7, 11) is 0. The van der Waals surface area contributed by atoms with Gasteiger partial charge >= 0.3 is 6.09 Å². The van der Waals surface area contributed by atoms with E-state index in [0.29, 0.717) is 12.5 Å². The summed E-state index contributed by atoms with van der Waals surface area (Å²) in [4.78, 5) is 11.8. The van der Waals surface area contributed by atoms with Crippen LogP contribution in [-0.4, -0.2) is 34.5 Å². The maximum atomic E-state index is 11.8. The zero-order valence-corrected chi connectivity index (χ0v) is 14.8.